The van der Waals surface area contributed by atoms with Crippen molar-refractivity contribution in [3.63, 3.8) is 0 Å². The molecule has 3 rings (SSSR count). The lowest BCUT2D eigenvalue weighted by atomic mass is 10.1. The third kappa shape index (κ3) is 4.70. The lowest BCUT2D eigenvalue weighted by molar-refractivity contribution is -0.790. The number of nitrogens with one attached hydrogen (secondary N) is 2. The van der Waals surface area contributed by atoms with Gasteiger partial charge in [-0.3, -0.25) is 9.84 Å². The number of urea groups is 1. The molecule has 26 heavy (non-hydrogen) atoms. The van der Waals surface area contributed by atoms with Gasteiger partial charge in [-0.15, -0.1) is 0 Å². The minimum Gasteiger partial charge on any atom is -0.308 e. The normalized spacial score (nSPS) is 11.8. The average molecular weight is 481 g/mol. The molecule has 1 heterocycles. The summed E-state index contributed by atoms with van der Waals surface area (Å²) in [6.45, 7) is 2.03. The Morgan fingerprint density at radius 1 is 1.12 bits per heavy atom. The molecule has 0 aliphatic carbocycles. The Kier molecular flexibility index (Phi) is 6.05. The highest BCUT2D eigenvalue weighted by Gasteiger charge is 2.28. The van der Waals surface area contributed by atoms with Crippen molar-refractivity contribution in [3.05, 3.63) is 69.2 Å². The van der Waals surface area contributed by atoms with Gasteiger partial charge in [-0.25, -0.2) is 4.79 Å². The Balaban J connectivity index is 1.64. The molecular formula is C18H17Br2N4O2+. The molecule has 1 unspecified atom stereocenters. The van der Waals surface area contributed by atoms with Crippen LogP contribution < -0.4 is 15.3 Å². The first-order valence-electron chi connectivity index (χ1n) is 7.97. The number of anilines is 2. The number of benzene rings is 2. The quantitative estimate of drug-likeness (QED) is 0.508. The highest BCUT2D eigenvalue weighted by molar-refractivity contribution is 9.10. The van der Waals surface area contributed by atoms with E-state index in [2.05, 4.69) is 59.9 Å². The molecule has 2 N–H and O–H groups in total. The lowest BCUT2D eigenvalue weighted by Crippen LogP contribution is -2.41. The first-order valence-corrected chi connectivity index (χ1v) is 9.56. The summed E-state index contributed by atoms with van der Waals surface area (Å²) in [5.41, 5.74) is 1.87. The van der Waals surface area contributed by atoms with E-state index in [1.54, 1.807) is 16.8 Å². The first-order chi connectivity index (χ1) is 12.5. The van der Waals surface area contributed by atoms with Gasteiger partial charge in [0.2, 0.25) is 5.27 Å². The topological polar surface area (TPSA) is 71.0 Å². The molecule has 0 saturated carbocycles. The largest absolute Gasteiger partial charge is 0.340 e. The van der Waals surface area contributed by atoms with E-state index >= 15 is 0 Å². The van der Waals surface area contributed by atoms with Gasteiger partial charge >= 0.3 is 16.5 Å². The van der Waals surface area contributed by atoms with Crippen LogP contribution in [0.1, 0.15) is 18.5 Å². The Bertz CT molecular complexity index is 882. The molecule has 0 spiro atoms. The molecule has 0 aliphatic heterocycles. The van der Waals surface area contributed by atoms with Crippen LogP contribution in [0.4, 0.5) is 16.4 Å². The fourth-order valence-electron chi connectivity index (χ4n) is 2.45. The van der Waals surface area contributed by atoms with Crippen molar-refractivity contribution in [2.24, 2.45) is 0 Å². The minimum atomic E-state index is -0.410. The summed E-state index contributed by atoms with van der Waals surface area (Å²) in [6, 6.07) is 17.0. The lowest BCUT2D eigenvalue weighted by Gasteiger charge is -2.05. The number of rotatable bonds is 5. The van der Waals surface area contributed by atoms with Gasteiger partial charge in [-0.05, 0) is 34.5 Å². The molecule has 3 aromatic rings. The van der Waals surface area contributed by atoms with E-state index in [1.807, 2.05) is 37.3 Å². The minimum absolute atomic E-state index is 0.0561. The SMILES string of the molecule is CC(Cc1ccccc1)[n+]1noc(NC(=O)Nc2ccc(Br)cc2)c1Br. The molecule has 0 aliphatic rings. The summed E-state index contributed by atoms with van der Waals surface area (Å²) >= 11 is 6.80. The first kappa shape index (κ1) is 18.6. The zero-order chi connectivity index (χ0) is 18.5. The van der Waals surface area contributed by atoms with Gasteiger partial charge in [0.15, 0.2) is 6.04 Å². The van der Waals surface area contributed by atoms with E-state index in [-0.39, 0.29) is 11.9 Å². The number of carbonyl (C=O) groups excluding carboxylic acids is 1. The van der Waals surface area contributed by atoms with Crippen LogP contribution in [0.5, 0.6) is 0 Å². The van der Waals surface area contributed by atoms with Crippen LogP contribution in [-0.2, 0) is 6.42 Å². The Hall–Kier alpha value is -2.19. The van der Waals surface area contributed by atoms with Crippen molar-refractivity contribution in [1.82, 2.24) is 5.27 Å². The molecule has 0 saturated heterocycles. The van der Waals surface area contributed by atoms with Gasteiger partial charge in [0.25, 0.3) is 0 Å². The van der Waals surface area contributed by atoms with Crippen LogP contribution in [0, 0.1) is 0 Å². The van der Waals surface area contributed by atoms with Gasteiger partial charge in [0.1, 0.15) is 0 Å². The smallest absolute Gasteiger partial charge is 0.308 e. The van der Waals surface area contributed by atoms with Crippen molar-refractivity contribution in [3.8, 4) is 0 Å². The maximum atomic E-state index is 12.1. The molecule has 0 fully saturated rings. The maximum Gasteiger partial charge on any atom is 0.340 e. The van der Waals surface area contributed by atoms with Gasteiger partial charge in [-0.2, -0.15) is 0 Å². The third-order valence-electron chi connectivity index (χ3n) is 3.73. The second-order valence-corrected chi connectivity index (χ2v) is 7.43. The van der Waals surface area contributed by atoms with Gasteiger partial charge in [-0.1, -0.05) is 46.3 Å². The molecule has 2 aromatic carbocycles. The van der Waals surface area contributed by atoms with Crippen molar-refractivity contribution in [1.29, 1.82) is 0 Å². The molecule has 134 valence electrons. The zero-order valence-electron chi connectivity index (χ0n) is 13.9. The van der Waals surface area contributed by atoms with E-state index in [9.17, 15) is 4.79 Å². The zero-order valence-corrected chi connectivity index (χ0v) is 17.1. The maximum absolute atomic E-state index is 12.1. The third-order valence-corrected chi connectivity index (χ3v) is 4.98. The fraction of sp³-hybridized carbons (Fsp3) is 0.167. The van der Waals surface area contributed by atoms with Gasteiger partial charge < -0.3 is 5.32 Å². The van der Waals surface area contributed by atoms with E-state index < -0.39 is 6.03 Å². The van der Waals surface area contributed by atoms with Crippen molar-refractivity contribution in [2.45, 2.75) is 19.4 Å². The number of halogens is 2. The Labute approximate surface area is 167 Å². The van der Waals surface area contributed by atoms with Crippen LogP contribution in [-0.4, -0.2) is 11.3 Å². The van der Waals surface area contributed by atoms with Gasteiger partial charge in [0.05, 0.1) is 0 Å². The summed E-state index contributed by atoms with van der Waals surface area (Å²) in [6.07, 6.45) is 0.793. The summed E-state index contributed by atoms with van der Waals surface area (Å²) in [5, 5.41) is 9.42. The van der Waals surface area contributed by atoms with E-state index in [0.29, 0.717) is 10.3 Å². The molecule has 6 nitrogen and oxygen atoms in total. The predicted octanol–water partition coefficient (Wildman–Crippen LogP) is 4.93. The van der Waals surface area contributed by atoms with E-state index in [0.717, 1.165) is 10.9 Å². The summed E-state index contributed by atoms with van der Waals surface area (Å²) < 4.78 is 8.48. The number of amides is 2. The highest BCUT2D eigenvalue weighted by atomic mass is 79.9. The average Bonchev–Trinajstić information content (AvgIpc) is 2.98. The molecule has 1 atom stereocenters. The van der Waals surface area contributed by atoms with Crippen LogP contribution in [0.15, 0.2) is 68.2 Å². The van der Waals surface area contributed by atoms with Gasteiger partial charge in [0, 0.05) is 39.4 Å². The van der Waals surface area contributed by atoms with Crippen LogP contribution in [0.25, 0.3) is 0 Å². The molecule has 2 amide bonds. The second kappa shape index (κ2) is 8.46. The Morgan fingerprint density at radius 2 is 1.81 bits per heavy atom. The Morgan fingerprint density at radius 3 is 2.50 bits per heavy atom. The summed E-state index contributed by atoms with van der Waals surface area (Å²) in [7, 11) is 0. The van der Waals surface area contributed by atoms with Crippen LogP contribution >= 0.6 is 31.9 Å². The number of nitrogens with zero attached hydrogens (tertiary/aromatic N) is 2. The second-order valence-electron chi connectivity index (χ2n) is 5.76. The number of aromatic nitrogens is 2. The summed E-state index contributed by atoms with van der Waals surface area (Å²) in [4.78, 5) is 12.1. The van der Waals surface area contributed by atoms with E-state index in [4.69, 9.17) is 4.52 Å². The number of hydrogen-bond donors (Lipinski definition) is 2. The molecule has 8 heteroatoms. The van der Waals surface area contributed by atoms with E-state index in [1.165, 1.54) is 5.56 Å². The van der Waals surface area contributed by atoms with Crippen molar-refractivity contribution >= 4 is 49.5 Å². The van der Waals surface area contributed by atoms with Crippen molar-refractivity contribution < 1.29 is 14.0 Å². The molecule has 0 radical (unpaired) electrons. The number of hydrogen-bond acceptors (Lipinski definition) is 3. The van der Waals surface area contributed by atoms with Crippen molar-refractivity contribution in [2.75, 3.05) is 10.6 Å². The molecular weight excluding hydrogens is 464 g/mol. The molecule has 1 aromatic heterocycles. The van der Waals surface area contributed by atoms with Crippen LogP contribution in [0.3, 0.4) is 0 Å². The fourth-order valence-corrected chi connectivity index (χ4v) is 3.30. The monoisotopic (exact) mass is 479 g/mol. The predicted molar refractivity (Wildman–Crippen MR) is 106 cm³/mol. The highest BCUT2D eigenvalue weighted by Crippen LogP contribution is 2.21. The number of carbonyl (C=O) groups is 1. The summed E-state index contributed by atoms with van der Waals surface area (Å²) in [5.74, 6) is 0.250. The van der Waals surface area contributed by atoms with Crippen LogP contribution in [0.2, 0.25) is 0 Å². The molecule has 0 bridgehead atoms. The standard InChI is InChI=1S/C18H16Br2N4O2/c1-12(11-13-5-3-2-4-6-13)24-16(20)17(26-23-24)22-18(25)21-15-9-7-14(19)8-10-15/h2-10,12H,11H2,1H3,(H-,21,22,23,25)/p+1.